The van der Waals surface area contributed by atoms with Crippen molar-refractivity contribution in [3.63, 3.8) is 0 Å². The second kappa shape index (κ2) is 11.4. The third-order valence-corrected chi connectivity index (χ3v) is 9.93. The number of sulfonamides is 1. The highest BCUT2D eigenvalue weighted by Gasteiger charge is 2.32. The topological polar surface area (TPSA) is 71.5 Å². The molecule has 0 bridgehead atoms. The Morgan fingerprint density at radius 2 is 1.27 bits per heavy atom. The summed E-state index contributed by atoms with van der Waals surface area (Å²) in [6.45, 7) is 4.92. The predicted molar refractivity (Wildman–Crippen MR) is 154 cm³/mol. The van der Waals surface area contributed by atoms with Crippen molar-refractivity contribution < 1.29 is 30.0 Å². The van der Waals surface area contributed by atoms with Crippen LogP contribution in [0.15, 0.2) is 94.7 Å². The van der Waals surface area contributed by atoms with Gasteiger partial charge in [-0.25, -0.2) is 16.8 Å². The van der Waals surface area contributed by atoms with Crippen LogP contribution in [-0.4, -0.2) is 27.4 Å². The molecule has 0 aliphatic heterocycles. The third kappa shape index (κ3) is 7.06. The molecule has 0 aromatic heterocycles. The first-order valence-corrected chi connectivity index (χ1v) is 16.0. The van der Waals surface area contributed by atoms with Gasteiger partial charge in [-0.05, 0) is 72.4 Å². The quantitative estimate of drug-likeness (QED) is 0.216. The summed E-state index contributed by atoms with van der Waals surface area (Å²) in [6.07, 6.45) is -3.43. The molecule has 0 fully saturated rings. The number of hydrogen-bond donors (Lipinski definition) is 0. The van der Waals surface area contributed by atoms with E-state index in [0.29, 0.717) is 22.3 Å². The van der Waals surface area contributed by atoms with Crippen molar-refractivity contribution in [1.82, 2.24) is 4.31 Å². The smallest absolute Gasteiger partial charge is 0.224 e. The lowest BCUT2D eigenvalue weighted by Crippen LogP contribution is -2.31. The Morgan fingerprint density at radius 3 is 1.85 bits per heavy atom. The van der Waals surface area contributed by atoms with E-state index >= 15 is 0 Å². The summed E-state index contributed by atoms with van der Waals surface area (Å²) in [6, 6.07) is 21.7. The minimum atomic E-state index is -4.56. The number of aryl methyl sites for hydroxylation is 3. The van der Waals surface area contributed by atoms with E-state index < -0.39 is 31.6 Å². The first-order chi connectivity index (χ1) is 19.1. The van der Waals surface area contributed by atoms with Crippen LogP contribution in [0.2, 0.25) is 0 Å². The molecule has 5 nitrogen and oxygen atoms in total. The normalized spacial score (nSPS) is 12.6. The zero-order valence-corrected chi connectivity index (χ0v) is 24.7. The molecular formula is C31H30F3NO4S2. The highest BCUT2D eigenvalue weighted by Crippen LogP contribution is 2.32. The highest BCUT2D eigenvalue weighted by molar-refractivity contribution is 7.90. The van der Waals surface area contributed by atoms with Crippen molar-refractivity contribution in [3.05, 3.63) is 118 Å². The number of nitrogens with zero attached hydrogens (tertiary/aromatic N) is 1. The van der Waals surface area contributed by atoms with Crippen LogP contribution in [-0.2, 0) is 39.1 Å². The van der Waals surface area contributed by atoms with E-state index in [2.05, 4.69) is 0 Å². The SMILES string of the molecule is Cc1cc(C)c(S(=O)(=O)N(Cc2ccc(-c3cccc(S(C)(=O)=O)c3)cc2)Cc2cccc(C(F)(F)F)c2)c(C)c1. The van der Waals surface area contributed by atoms with E-state index in [9.17, 15) is 30.0 Å². The fourth-order valence-electron chi connectivity index (χ4n) is 4.89. The average molecular weight is 602 g/mol. The summed E-state index contributed by atoms with van der Waals surface area (Å²) in [5.41, 5.74) is 3.39. The molecule has 0 saturated heterocycles. The van der Waals surface area contributed by atoms with Crippen LogP contribution in [0.1, 0.15) is 33.4 Å². The van der Waals surface area contributed by atoms with E-state index in [1.54, 1.807) is 68.4 Å². The van der Waals surface area contributed by atoms with Crippen molar-refractivity contribution in [2.75, 3.05) is 6.26 Å². The van der Waals surface area contributed by atoms with Crippen LogP contribution in [0, 0.1) is 20.8 Å². The van der Waals surface area contributed by atoms with Crippen LogP contribution in [0.5, 0.6) is 0 Å². The maximum atomic E-state index is 14.0. The fourth-order valence-corrected chi connectivity index (χ4v) is 7.39. The second-order valence-corrected chi connectivity index (χ2v) is 14.1. The van der Waals surface area contributed by atoms with E-state index in [1.165, 1.54) is 22.5 Å². The van der Waals surface area contributed by atoms with Crippen molar-refractivity contribution in [2.45, 2.75) is 49.8 Å². The van der Waals surface area contributed by atoms with E-state index in [-0.39, 0.29) is 28.4 Å². The van der Waals surface area contributed by atoms with Crippen LogP contribution in [0.25, 0.3) is 11.1 Å². The molecule has 0 aliphatic carbocycles. The maximum absolute atomic E-state index is 14.0. The molecule has 4 aromatic rings. The Bertz CT molecular complexity index is 1780. The van der Waals surface area contributed by atoms with Gasteiger partial charge in [-0.2, -0.15) is 17.5 Å². The van der Waals surface area contributed by atoms with Gasteiger partial charge in [-0.1, -0.05) is 72.3 Å². The number of benzene rings is 4. The molecule has 4 aromatic carbocycles. The van der Waals surface area contributed by atoms with Gasteiger partial charge in [0.1, 0.15) is 0 Å². The molecule has 0 amide bonds. The average Bonchev–Trinajstić information content (AvgIpc) is 2.87. The lowest BCUT2D eigenvalue weighted by atomic mass is 10.0. The zero-order valence-electron chi connectivity index (χ0n) is 23.0. The first-order valence-electron chi connectivity index (χ1n) is 12.7. The second-order valence-electron chi connectivity index (χ2n) is 10.2. The number of halogens is 3. The molecule has 0 aliphatic rings. The lowest BCUT2D eigenvalue weighted by Gasteiger charge is -2.25. The highest BCUT2D eigenvalue weighted by atomic mass is 32.2. The minimum Gasteiger partial charge on any atom is -0.224 e. The molecule has 0 N–H and O–H groups in total. The summed E-state index contributed by atoms with van der Waals surface area (Å²) in [4.78, 5) is 0.311. The Kier molecular flexibility index (Phi) is 8.50. The van der Waals surface area contributed by atoms with Crippen molar-refractivity contribution in [1.29, 1.82) is 0 Å². The van der Waals surface area contributed by atoms with Gasteiger partial charge in [0.2, 0.25) is 10.0 Å². The lowest BCUT2D eigenvalue weighted by molar-refractivity contribution is -0.137. The molecule has 0 spiro atoms. The fraction of sp³-hybridized carbons (Fsp3) is 0.226. The standard InChI is InChI=1S/C31H30F3NO4S2/c1-21-15-22(2)30(23(3)16-21)41(38,39)35(20-25-7-5-9-28(17-25)31(32,33)34)19-24-11-13-26(14-12-24)27-8-6-10-29(18-27)40(4,36)37/h5-18H,19-20H2,1-4H3. The van der Waals surface area contributed by atoms with Gasteiger partial charge in [0.05, 0.1) is 15.4 Å². The number of rotatable bonds is 8. The molecule has 0 atom stereocenters. The maximum Gasteiger partial charge on any atom is 0.416 e. The van der Waals surface area contributed by atoms with Crippen LogP contribution in [0.4, 0.5) is 13.2 Å². The van der Waals surface area contributed by atoms with Crippen molar-refractivity contribution in [2.24, 2.45) is 0 Å². The van der Waals surface area contributed by atoms with Crippen LogP contribution in [0.3, 0.4) is 0 Å². The number of hydrogen-bond acceptors (Lipinski definition) is 4. The molecule has 0 radical (unpaired) electrons. The van der Waals surface area contributed by atoms with E-state index in [4.69, 9.17) is 0 Å². The van der Waals surface area contributed by atoms with E-state index in [0.717, 1.165) is 29.5 Å². The van der Waals surface area contributed by atoms with Gasteiger partial charge in [0, 0.05) is 19.3 Å². The van der Waals surface area contributed by atoms with Gasteiger partial charge in [0.15, 0.2) is 9.84 Å². The summed E-state index contributed by atoms with van der Waals surface area (Å²) in [5.74, 6) is 0. The number of sulfone groups is 1. The Hall–Kier alpha value is -3.47. The van der Waals surface area contributed by atoms with Gasteiger partial charge < -0.3 is 0 Å². The summed E-state index contributed by atoms with van der Waals surface area (Å²) in [7, 11) is -7.52. The Morgan fingerprint density at radius 1 is 0.683 bits per heavy atom. The minimum absolute atomic E-state index is 0.0883. The third-order valence-electron chi connectivity index (χ3n) is 6.72. The Balaban J connectivity index is 1.73. The van der Waals surface area contributed by atoms with E-state index in [1.807, 2.05) is 6.92 Å². The molecule has 4 rings (SSSR count). The van der Waals surface area contributed by atoms with Gasteiger partial charge in [0.25, 0.3) is 0 Å². The molecule has 0 saturated carbocycles. The summed E-state index contributed by atoms with van der Waals surface area (Å²) in [5, 5.41) is 0. The molecular weight excluding hydrogens is 571 g/mol. The molecule has 41 heavy (non-hydrogen) atoms. The van der Waals surface area contributed by atoms with Crippen molar-refractivity contribution >= 4 is 19.9 Å². The zero-order chi connectivity index (χ0) is 30.2. The molecule has 0 heterocycles. The monoisotopic (exact) mass is 601 g/mol. The summed E-state index contributed by atoms with van der Waals surface area (Å²) < 4.78 is 93.4. The summed E-state index contributed by atoms with van der Waals surface area (Å²) >= 11 is 0. The van der Waals surface area contributed by atoms with Crippen LogP contribution >= 0.6 is 0 Å². The predicted octanol–water partition coefficient (Wildman–Crippen LogP) is 7.09. The molecule has 10 heteroatoms. The molecule has 0 unspecified atom stereocenters. The number of alkyl halides is 3. The van der Waals surface area contributed by atoms with Gasteiger partial charge in [-0.3, -0.25) is 0 Å². The first kappa shape index (κ1) is 30.5. The Labute approximate surface area is 239 Å². The largest absolute Gasteiger partial charge is 0.416 e. The van der Waals surface area contributed by atoms with Gasteiger partial charge >= 0.3 is 6.18 Å². The van der Waals surface area contributed by atoms with Gasteiger partial charge in [-0.15, -0.1) is 0 Å². The van der Waals surface area contributed by atoms with Crippen molar-refractivity contribution in [3.8, 4) is 11.1 Å². The molecule has 216 valence electrons. The van der Waals surface area contributed by atoms with Crippen LogP contribution < -0.4 is 0 Å².